The summed E-state index contributed by atoms with van der Waals surface area (Å²) >= 11 is 1.76. The fraction of sp³-hybridized carbons (Fsp3) is 0.650. The Labute approximate surface area is 148 Å². The lowest BCUT2D eigenvalue weighted by Crippen LogP contribution is -2.23. The third-order valence-corrected chi connectivity index (χ3v) is 5.95. The number of rotatable bonds is 6. The molecule has 0 atom stereocenters. The summed E-state index contributed by atoms with van der Waals surface area (Å²) in [4.78, 5) is 7.32. The van der Waals surface area contributed by atoms with Crippen LogP contribution in [-0.2, 0) is 0 Å². The van der Waals surface area contributed by atoms with Gasteiger partial charge in [-0.25, -0.2) is 8.78 Å². The molecule has 1 aliphatic rings. The molecular formula is C20H29F2NS. The minimum absolute atomic E-state index is 0.0253. The smallest absolute Gasteiger partial charge is 0.248 e. The highest BCUT2D eigenvalue weighted by atomic mass is 32.1. The molecule has 0 saturated heterocycles. The Hall–Kier alpha value is -1.03. The zero-order valence-corrected chi connectivity index (χ0v) is 16.1. The predicted octanol–water partition coefficient (Wildman–Crippen LogP) is 7.25. The molecule has 1 aromatic rings. The van der Waals surface area contributed by atoms with Gasteiger partial charge in [-0.2, -0.15) is 0 Å². The lowest BCUT2D eigenvalue weighted by Gasteiger charge is -2.27. The van der Waals surface area contributed by atoms with E-state index in [4.69, 9.17) is 4.99 Å². The summed E-state index contributed by atoms with van der Waals surface area (Å²) in [6.45, 7) is 8.47. The number of unbranched alkanes of at least 4 members (excludes halogenated alkanes) is 1. The standard InChI is InChI=1S/C20H29F2NS/c1-5-7-8-14(3)23-18(6-2)17-13-19(24-15(17)4)16-9-11-20(21,22)12-10-16/h8,13,16H,5-7,9-12H2,1-4H3/b14-8+,23-18?. The van der Waals surface area contributed by atoms with Gasteiger partial charge in [-0.1, -0.05) is 26.3 Å². The summed E-state index contributed by atoms with van der Waals surface area (Å²) in [5.41, 5.74) is 3.39. The number of nitrogens with zero attached hydrogens (tertiary/aromatic N) is 1. The van der Waals surface area contributed by atoms with Crippen LogP contribution in [0, 0.1) is 6.92 Å². The number of hydrogen-bond donors (Lipinski definition) is 0. The van der Waals surface area contributed by atoms with Crippen LogP contribution in [0.2, 0.25) is 0 Å². The molecule has 0 spiro atoms. The first-order chi connectivity index (χ1) is 11.4. The molecule has 2 rings (SSSR count). The second-order valence-electron chi connectivity index (χ2n) is 6.80. The highest BCUT2D eigenvalue weighted by Crippen LogP contribution is 2.43. The van der Waals surface area contributed by atoms with Gasteiger partial charge in [-0.3, -0.25) is 4.99 Å². The van der Waals surface area contributed by atoms with E-state index in [-0.39, 0.29) is 18.8 Å². The molecule has 1 saturated carbocycles. The molecule has 0 amide bonds. The Morgan fingerprint density at radius 2 is 2.00 bits per heavy atom. The van der Waals surface area contributed by atoms with E-state index < -0.39 is 5.92 Å². The van der Waals surface area contributed by atoms with Crippen LogP contribution in [-0.4, -0.2) is 11.6 Å². The van der Waals surface area contributed by atoms with Crippen molar-refractivity contribution in [1.29, 1.82) is 0 Å². The average Bonchev–Trinajstić information content (AvgIpc) is 2.92. The summed E-state index contributed by atoms with van der Waals surface area (Å²) in [6.07, 6.45) is 6.49. The average molecular weight is 354 g/mol. The lowest BCUT2D eigenvalue weighted by molar-refractivity contribution is -0.0379. The zero-order chi connectivity index (χ0) is 17.7. The Bertz CT molecular complexity index is 603. The number of thiophene rings is 1. The van der Waals surface area contributed by atoms with Crippen molar-refractivity contribution >= 4 is 17.0 Å². The van der Waals surface area contributed by atoms with Crippen LogP contribution < -0.4 is 0 Å². The maximum Gasteiger partial charge on any atom is 0.248 e. The van der Waals surface area contributed by atoms with E-state index in [9.17, 15) is 8.78 Å². The van der Waals surface area contributed by atoms with Crippen molar-refractivity contribution in [3.63, 3.8) is 0 Å². The molecule has 0 unspecified atom stereocenters. The van der Waals surface area contributed by atoms with Gasteiger partial charge in [0.2, 0.25) is 5.92 Å². The monoisotopic (exact) mass is 353 g/mol. The zero-order valence-electron chi connectivity index (χ0n) is 15.3. The summed E-state index contributed by atoms with van der Waals surface area (Å²) < 4.78 is 26.8. The van der Waals surface area contributed by atoms with Crippen LogP contribution in [0.5, 0.6) is 0 Å². The third kappa shape index (κ3) is 4.98. The van der Waals surface area contributed by atoms with Crippen LogP contribution in [0.4, 0.5) is 8.78 Å². The van der Waals surface area contributed by atoms with Crippen molar-refractivity contribution < 1.29 is 8.78 Å². The van der Waals surface area contributed by atoms with Crippen LogP contribution in [0.15, 0.2) is 22.8 Å². The van der Waals surface area contributed by atoms with Crippen molar-refractivity contribution in [2.45, 2.75) is 84.5 Å². The van der Waals surface area contributed by atoms with E-state index in [1.54, 1.807) is 11.3 Å². The molecule has 0 bridgehead atoms. The molecular weight excluding hydrogens is 324 g/mol. The quantitative estimate of drug-likeness (QED) is 0.477. The highest BCUT2D eigenvalue weighted by Gasteiger charge is 2.36. The van der Waals surface area contributed by atoms with E-state index in [0.717, 1.165) is 30.7 Å². The maximum atomic E-state index is 13.4. The number of alkyl halides is 2. The Kier molecular flexibility index (Phi) is 6.73. The first-order valence-electron chi connectivity index (χ1n) is 9.09. The van der Waals surface area contributed by atoms with Gasteiger partial charge in [0, 0.05) is 39.6 Å². The highest BCUT2D eigenvalue weighted by molar-refractivity contribution is 7.12. The van der Waals surface area contributed by atoms with E-state index in [2.05, 4.69) is 39.8 Å². The van der Waals surface area contributed by atoms with Gasteiger partial charge in [0.25, 0.3) is 0 Å². The number of aryl methyl sites for hydroxylation is 1. The molecule has 1 fully saturated rings. The van der Waals surface area contributed by atoms with Gasteiger partial charge < -0.3 is 0 Å². The third-order valence-electron chi connectivity index (χ3n) is 4.74. The summed E-state index contributed by atoms with van der Waals surface area (Å²) in [5.74, 6) is -2.17. The topological polar surface area (TPSA) is 12.4 Å². The predicted molar refractivity (Wildman–Crippen MR) is 101 cm³/mol. The second-order valence-corrected chi connectivity index (χ2v) is 8.08. The van der Waals surface area contributed by atoms with Gasteiger partial charge in [0.05, 0.1) is 0 Å². The second kappa shape index (κ2) is 8.37. The van der Waals surface area contributed by atoms with Crippen LogP contribution in [0.25, 0.3) is 0 Å². The van der Waals surface area contributed by atoms with Gasteiger partial charge in [0.1, 0.15) is 0 Å². The van der Waals surface area contributed by atoms with Crippen molar-refractivity contribution in [2.24, 2.45) is 4.99 Å². The largest absolute Gasteiger partial charge is 0.258 e. The van der Waals surface area contributed by atoms with E-state index in [1.165, 1.54) is 15.3 Å². The van der Waals surface area contributed by atoms with Crippen LogP contribution in [0.3, 0.4) is 0 Å². The van der Waals surface area contributed by atoms with Crippen molar-refractivity contribution in [1.82, 2.24) is 0 Å². The fourth-order valence-electron chi connectivity index (χ4n) is 3.26. The summed E-state index contributed by atoms with van der Waals surface area (Å²) in [6, 6.07) is 2.21. The minimum Gasteiger partial charge on any atom is -0.258 e. The SMILES string of the molecule is CCC/C=C(\C)N=C(CC)c1cc(C2CCC(F)(F)CC2)sc1C. The van der Waals surface area contributed by atoms with Gasteiger partial charge in [-0.15, -0.1) is 11.3 Å². The normalized spacial score (nSPS) is 19.8. The summed E-state index contributed by atoms with van der Waals surface area (Å²) in [5, 5.41) is 0. The molecule has 1 aliphatic carbocycles. The first-order valence-corrected chi connectivity index (χ1v) is 9.90. The molecule has 0 N–H and O–H groups in total. The van der Waals surface area contributed by atoms with Crippen LogP contribution in [0.1, 0.15) is 87.0 Å². The molecule has 0 aromatic carbocycles. The first kappa shape index (κ1) is 19.3. The van der Waals surface area contributed by atoms with Crippen molar-refractivity contribution in [3.05, 3.63) is 33.2 Å². The number of halogens is 2. The Morgan fingerprint density at radius 3 is 2.58 bits per heavy atom. The molecule has 1 aromatic heterocycles. The molecule has 134 valence electrons. The van der Waals surface area contributed by atoms with E-state index in [0.29, 0.717) is 12.8 Å². The number of allylic oxidation sites excluding steroid dienone is 2. The minimum atomic E-state index is -2.46. The molecule has 0 aliphatic heterocycles. The molecule has 24 heavy (non-hydrogen) atoms. The Balaban J connectivity index is 2.19. The Morgan fingerprint density at radius 1 is 1.33 bits per heavy atom. The number of aliphatic imine (C=N–C) groups is 1. The van der Waals surface area contributed by atoms with Crippen molar-refractivity contribution in [2.75, 3.05) is 0 Å². The molecule has 0 radical (unpaired) electrons. The van der Waals surface area contributed by atoms with E-state index in [1.807, 2.05) is 0 Å². The van der Waals surface area contributed by atoms with Gasteiger partial charge in [0.15, 0.2) is 0 Å². The van der Waals surface area contributed by atoms with Gasteiger partial charge >= 0.3 is 0 Å². The summed E-state index contributed by atoms with van der Waals surface area (Å²) in [7, 11) is 0. The number of hydrogen-bond acceptors (Lipinski definition) is 2. The van der Waals surface area contributed by atoms with E-state index >= 15 is 0 Å². The fourth-order valence-corrected chi connectivity index (χ4v) is 4.48. The van der Waals surface area contributed by atoms with Crippen LogP contribution >= 0.6 is 11.3 Å². The van der Waals surface area contributed by atoms with Crippen molar-refractivity contribution in [3.8, 4) is 0 Å². The molecule has 1 nitrogen and oxygen atoms in total. The lowest BCUT2D eigenvalue weighted by atomic mass is 9.85. The molecule has 1 heterocycles. The maximum absolute atomic E-state index is 13.4. The van der Waals surface area contributed by atoms with Gasteiger partial charge in [-0.05, 0) is 51.5 Å². The molecule has 4 heteroatoms.